The second kappa shape index (κ2) is 7.29. The molecule has 25 heavy (non-hydrogen) atoms. The van der Waals surface area contributed by atoms with Crippen molar-refractivity contribution in [3.05, 3.63) is 59.7 Å². The lowest BCUT2D eigenvalue weighted by Gasteiger charge is -2.34. The van der Waals surface area contributed by atoms with Crippen molar-refractivity contribution in [3.8, 4) is 0 Å². The molecule has 0 aliphatic carbocycles. The molecule has 130 valence electrons. The quantitative estimate of drug-likeness (QED) is 0.912. The molecule has 7 heteroatoms. The van der Waals surface area contributed by atoms with Gasteiger partial charge in [0, 0.05) is 38.1 Å². The Morgan fingerprint density at radius 3 is 2.32 bits per heavy atom. The number of rotatable bonds is 2. The smallest absolute Gasteiger partial charge is 0.321 e. The van der Waals surface area contributed by atoms with E-state index in [0.717, 1.165) is 17.4 Å². The van der Waals surface area contributed by atoms with Gasteiger partial charge in [0.2, 0.25) is 0 Å². The van der Waals surface area contributed by atoms with Crippen LogP contribution in [0.2, 0.25) is 0 Å². The zero-order valence-electron chi connectivity index (χ0n) is 13.9. The molecule has 1 aliphatic heterocycles. The number of aryl methyl sites for hydroxylation is 1. The first kappa shape index (κ1) is 16.9. The molecular weight excluding hydrogens is 323 g/mol. The summed E-state index contributed by atoms with van der Waals surface area (Å²) in [4.78, 5) is 31.5. The molecule has 0 radical (unpaired) electrons. The average Bonchev–Trinajstić information content (AvgIpc) is 2.63. The molecule has 0 spiro atoms. The zero-order chi connectivity index (χ0) is 17.8. The summed E-state index contributed by atoms with van der Waals surface area (Å²) in [5.41, 5.74) is 1.86. The number of piperazine rings is 1. The number of hydrogen-bond acceptors (Lipinski definition) is 3. The standard InChI is InChI=1S/C18H19FN4O2/c1-13-2-4-14(5-3-13)21-18(25)23-10-8-22(9-11-23)17(24)15-6-7-20-12-16(15)19/h2-7,12H,8-11H2,1H3,(H,21,25). The Morgan fingerprint density at radius 2 is 1.68 bits per heavy atom. The number of urea groups is 1. The molecule has 1 saturated heterocycles. The van der Waals surface area contributed by atoms with Crippen molar-refractivity contribution in [3.63, 3.8) is 0 Å². The number of halogens is 1. The van der Waals surface area contributed by atoms with Crippen LogP contribution in [-0.4, -0.2) is 52.9 Å². The predicted molar refractivity (Wildman–Crippen MR) is 91.9 cm³/mol. The Hall–Kier alpha value is -2.96. The van der Waals surface area contributed by atoms with Crippen LogP contribution in [0.25, 0.3) is 0 Å². The second-order valence-electron chi connectivity index (χ2n) is 5.93. The molecule has 0 atom stereocenters. The van der Waals surface area contributed by atoms with Crippen molar-refractivity contribution in [2.75, 3.05) is 31.5 Å². The van der Waals surface area contributed by atoms with Crippen molar-refractivity contribution < 1.29 is 14.0 Å². The Bertz CT molecular complexity index is 771. The molecule has 1 aromatic carbocycles. The van der Waals surface area contributed by atoms with E-state index in [1.807, 2.05) is 31.2 Å². The summed E-state index contributed by atoms with van der Waals surface area (Å²) in [6.45, 7) is 3.50. The number of anilines is 1. The van der Waals surface area contributed by atoms with Crippen molar-refractivity contribution in [1.82, 2.24) is 14.8 Å². The maximum atomic E-state index is 13.7. The molecule has 6 nitrogen and oxygen atoms in total. The Labute approximate surface area is 145 Å². The van der Waals surface area contributed by atoms with Gasteiger partial charge < -0.3 is 15.1 Å². The molecule has 1 aliphatic rings. The largest absolute Gasteiger partial charge is 0.335 e. The molecule has 3 amide bonds. The third-order valence-corrected chi connectivity index (χ3v) is 4.16. The van der Waals surface area contributed by atoms with Crippen molar-refractivity contribution in [1.29, 1.82) is 0 Å². The summed E-state index contributed by atoms with van der Waals surface area (Å²) in [7, 11) is 0. The van der Waals surface area contributed by atoms with E-state index < -0.39 is 5.82 Å². The minimum Gasteiger partial charge on any atom is -0.335 e. The highest BCUT2D eigenvalue weighted by molar-refractivity contribution is 5.94. The number of amides is 3. The molecule has 0 saturated carbocycles. The molecule has 2 aromatic rings. The fraction of sp³-hybridized carbons (Fsp3) is 0.278. The number of benzene rings is 1. The van der Waals surface area contributed by atoms with Crippen molar-refractivity contribution in [2.45, 2.75) is 6.92 Å². The van der Waals surface area contributed by atoms with E-state index in [1.165, 1.54) is 12.3 Å². The summed E-state index contributed by atoms with van der Waals surface area (Å²) in [6, 6.07) is 8.71. The molecule has 1 aromatic heterocycles. The van der Waals surface area contributed by atoms with Crippen LogP contribution in [0.4, 0.5) is 14.9 Å². The van der Waals surface area contributed by atoms with E-state index in [2.05, 4.69) is 10.3 Å². The number of pyridine rings is 1. The monoisotopic (exact) mass is 342 g/mol. The first-order chi connectivity index (χ1) is 12.0. The van der Waals surface area contributed by atoms with Gasteiger partial charge in [0.1, 0.15) is 0 Å². The van der Waals surface area contributed by atoms with Gasteiger partial charge in [-0.1, -0.05) is 17.7 Å². The normalized spacial score (nSPS) is 14.3. The van der Waals surface area contributed by atoms with Gasteiger partial charge >= 0.3 is 6.03 Å². The molecular formula is C18H19FN4O2. The van der Waals surface area contributed by atoms with Crippen LogP contribution in [0, 0.1) is 12.7 Å². The van der Waals surface area contributed by atoms with Crippen LogP contribution in [0.15, 0.2) is 42.7 Å². The molecule has 1 fully saturated rings. The van der Waals surface area contributed by atoms with Gasteiger partial charge in [0.05, 0.1) is 11.8 Å². The first-order valence-corrected chi connectivity index (χ1v) is 8.06. The lowest BCUT2D eigenvalue weighted by atomic mass is 10.2. The summed E-state index contributed by atoms with van der Waals surface area (Å²) in [6.07, 6.45) is 2.42. The molecule has 0 bridgehead atoms. The minimum absolute atomic E-state index is 0.00700. The summed E-state index contributed by atoms with van der Waals surface area (Å²) in [5.74, 6) is -1.01. The average molecular weight is 342 g/mol. The Balaban J connectivity index is 1.56. The zero-order valence-corrected chi connectivity index (χ0v) is 13.9. The summed E-state index contributed by atoms with van der Waals surface area (Å²) in [5, 5.41) is 2.84. The van der Waals surface area contributed by atoms with E-state index in [-0.39, 0.29) is 17.5 Å². The lowest BCUT2D eigenvalue weighted by Crippen LogP contribution is -2.51. The first-order valence-electron chi connectivity index (χ1n) is 8.06. The predicted octanol–water partition coefficient (Wildman–Crippen LogP) is 2.52. The number of nitrogens with one attached hydrogen (secondary N) is 1. The van der Waals surface area contributed by atoms with Gasteiger partial charge in [-0.3, -0.25) is 9.78 Å². The minimum atomic E-state index is -0.632. The van der Waals surface area contributed by atoms with E-state index in [0.29, 0.717) is 26.2 Å². The number of carbonyl (C=O) groups excluding carboxylic acids is 2. The van der Waals surface area contributed by atoms with Gasteiger partial charge in [-0.25, -0.2) is 9.18 Å². The highest BCUT2D eigenvalue weighted by atomic mass is 19.1. The van der Waals surface area contributed by atoms with Gasteiger partial charge in [-0.2, -0.15) is 0 Å². The van der Waals surface area contributed by atoms with E-state index in [9.17, 15) is 14.0 Å². The number of carbonyl (C=O) groups is 2. The SMILES string of the molecule is Cc1ccc(NC(=O)N2CCN(C(=O)c3ccncc3F)CC2)cc1. The molecule has 1 N–H and O–H groups in total. The lowest BCUT2D eigenvalue weighted by molar-refractivity contribution is 0.0667. The fourth-order valence-corrected chi connectivity index (χ4v) is 2.67. The van der Waals surface area contributed by atoms with Gasteiger partial charge in [0.15, 0.2) is 5.82 Å². The van der Waals surface area contributed by atoms with Crippen LogP contribution in [-0.2, 0) is 0 Å². The van der Waals surface area contributed by atoms with Crippen LogP contribution in [0.5, 0.6) is 0 Å². The highest BCUT2D eigenvalue weighted by Crippen LogP contribution is 2.13. The summed E-state index contributed by atoms with van der Waals surface area (Å²) >= 11 is 0. The third-order valence-electron chi connectivity index (χ3n) is 4.16. The number of hydrogen-bond donors (Lipinski definition) is 1. The number of nitrogens with zero attached hydrogens (tertiary/aromatic N) is 3. The maximum absolute atomic E-state index is 13.7. The van der Waals surface area contributed by atoms with Gasteiger partial charge in [0.25, 0.3) is 5.91 Å². The Kier molecular flexibility index (Phi) is 4.92. The van der Waals surface area contributed by atoms with Crippen LogP contribution < -0.4 is 5.32 Å². The van der Waals surface area contributed by atoms with Crippen LogP contribution in [0.3, 0.4) is 0 Å². The second-order valence-corrected chi connectivity index (χ2v) is 5.93. The van der Waals surface area contributed by atoms with E-state index >= 15 is 0 Å². The number of aromatic nitrogens is 1. The topological polar surface area (TPSA) is 65.5 Å². The summed E-state index contributed by atoms with van der Waals surface area (Å²) < 4.78 is 13.7. The molecule has 3 rings (SSSR count). The van der Waals surface area contributed by atoms with Crippen LogP contribution in [0.1, 0.15) is 15.9 Å². The van der Waals surface area contributed by atoms with Gasteiger partial charge in [-0.05, 0) is 25.1 Å². The fourth-order valence-electron chi connectivity index (χ4n) is 2.67. The Morgan fingerprint density at radius 1 is 1.04 bits per heavy atom. The van der Waals surface area contributed by atoms with E-state index in [4.69, 9.17) is 0 Å². The molecule has 0 unspecified atom stereocenters. The third kappa shape index (κ3) is 3.93. The van der Waals surface area contributed by atoms with Crippen LogP contribution >= 0.6 is 0 Å². The highest BCUT2D eigenvalue weighted by Gasteiger charge is 2.26. The van der Waals surface area contributed by atoms with Gasteiger partial charge in [-0.15, -0.1) is 0 Å². The van der Waals surface area contributed by atoms with Crippen molar-refractivity contribution >= 4 is 17.6 Å². The maximum Gasteiger partial charge on any atom is 0.321 e. The molecule has 2 heterocycles. The van der Waals surface area contributed by atoms with Crippen molar-refractivity contribution in [2.24, 2.45) is 0 Å². The van der Waals surface area contributed by atoms with E-state index in [1.54, 1.807) is 9.80 Å².